The number of anilines is 1. The lowest BCUT2D eigenvalue weighted by Crippen LogP contribution is -2.28. The maximum absolute atomic E-state index is 10.9. The summed E-state index contributed by atoms with van der Waals surface area (Å²) in [7, 11) is 0. The lowest BCUT2D eigenvalue weighted by Gasteiger charge is -2.00. The summed E-state index contributed by atoms with van der Waals surface area (Å²) in [5, 5.41) is 10.9. The van der Waals surface area contributed by atoms with E-state index >= 15 is 0 Å². The molecule has 0 saturated carbocycles. The molecule has 3 N–H and O–H groups in total. The maximum atomic E-state index is 10.9. The first kappa shape index (κ1) is 8.95. The third kappa shape index (κ3) is 3.17. The number of rotatable bonds is 3. The number of carbonyl (C=O) groups excluding carboxylic acids is 2. The van der Waals surface area contributed by atoms with Crippen LogP contribution in [0.4, 0.5) is 10.6 Å². The van der Waals surface area contributed by atoms with Crippen LogP contribution in [0.2, 0.25) is 0 Å². The highest BCUT2D eigenvalue weighted by Crippen LogP contribution is 1.96. The van der Waals surface area contributed by atoms with Crippen LogP contribution in [0.5, 0.6) is 0 Å². The molecule has 0 bridgehead atoms. The van der Waals surface area contributed by atoms with Gasteiger partial charge in [-0.25, -0.2) is 9.59 Å². The van der Waals surface area contributed by atoms with E-state index in [1.165, 1.54) is 12.3 Å². The molecule has 1 aromatic heterocycles. The topological polar surface area (TPSA) is 99.2 Å². The number of carbonyl (C=O) groups is 1. The van der Waals surface area contributed by atoms with Crippen molar-refractivity contribution in [3.8, 4) is 0 Å². The molecular formula is C6H7N5O2. The Morgan fingerprint density at radius 3 is 3.23 bits per heavy atom. The van der Waals surface area contributed by atoms with Gasteiger partial charge in [0.2, 0.25) is 6.08 Å². The molecule has 1 aromatic rings. The average Bonchev–Trinajstić information content (AvgIpc) is 2.57. The summed E-state index contributed by atoms with van der Waals surface area (Å²) in [6.45, 7) is -0.0938. The van der Waals surface area contributed by atoms with Crippen LogP contribution in [0.3, 0.4) is 0 Å². The Hall–Kier alpha value is -2.14. The fraction of sp³-hybridized carbons (Fsp3) is 0.167. The van der Waals surface area contributed by atoms with Gasteiger partial charge in [-0.3, -0.25) is 10.4 Å². The highest BCUT2D eigenvalue weighted by Gasteiger charge is 1.99. The van der Waals surface area contributed by atoms with Gasteiger partial charge in [-0.2, -0.15) is 10.1 Å². The Kier molecular flexibility index (Phi) is 3.22. The zero-order valence-corrected chi connectivity index (χ0v) is 6.57. The van der Waals surface area contributed by atoms with E-state index in [0.717, 1.165) is 0 Å². The summed E-state index contributed by atoms with van der Waals surface area (Å²) in [6, 6.07) is 1.12. The lowest BCUT2D eigenvalue weighted by molar-refractivity contribution is 0.252. The molecule has 0 fully saturated rings. The fourth-order valence-corrected chi connectivity index (χ4v) is 0.636. The van der Waals surface area contributed by atoms with Gasteiger partial charge >= 0.3 is 6.03 Å². The third-order valence-electron chi connectivity index (χ3n) is 1.13. The Morgan fingerprint density at radius 1 is 1.77 bits per heavy atom. The van der Waals surface area contributed by atoms with E-state index < -0.39 is 6.03 Å². The number of aromatic nitrogens is 2. The van der Waals surface area contributed by atoms with Gasteiger partial charge in [0.05, 0.1) is 6.20 Å². The zero-order valence-electron chi connectivity index (χ0n) is 6.57. The summed E-state index contributed by atoms with van der Waals surface area (Å²) < 4.78 is 0. The van der Waals surface area contributed by atoms with Gasteiger partial charge in [0.25, 0.3) is 0 Å². The van der Waals surface area contributed by atoms with E-state index in [1.807, 2.05) is 0 Å². The lowest BCUT2D eigenvalue weighted by atomic mass is 10.6. The largest absolute Gasteiger partial charge is 0.321 e. The van der Waals surface area contributed by atoms with Crippen LogP contribution in [-0.4, -0.2) is 29.0 Å². The van der Waals surface area contributed by atoms with Gasteiger partial charge in [-0.1, -0.05) is 0 Å². The van der Waals surface area contributed by atoms with Gasteiger partial charge in [0.1, 0.15) is 12.5 Å². The van der Waals surface area contributed by atoms with Crippen LogP contribution in [0.25, 0.3) is 0 Å². The van der Waals surface area contributed by atoms with Gasteiger partial charge in [-0.05, 0) is 0 Å². The standard InChI is InChI=1S/C6H7N5O2/c12-4-7-3-8-6(13)10-5-1-2-9-11-5/h1-2H,3H2,(H3,8,9,10,11,13). The molecule has 1 heterocycles. The zero-order chi connectivity index (χ0) is 9.52. The first-order valence-electron chi connectivity index (χ1n) is 3.41. The van der Waals surface area contributed by atoms with Crippen LogP contribution < -0.4 is 10.6 Å². The van der Waals surface area contributed by atoms with Crippen molar-refractivity contribution >= 4 is 17.9 Å². The van der Waals surface area contributed by atoms with Gasteiger partial charge in [-0.15, -0.1) is 0 Å². The molecule has 0 saturated heterocycles. The SMILES string of the molecule is O=C=NCNC(=O)Nc1ccn[nH]1. The van der Waals surface area contributed by atoms with Gasteiger partial charge in [0.15, 0.2) is 0 Å². The number of hydrogen-bond donors (Lipinski definition) is 3. The van der Waals surface area contributed by atoms with Crippen LogP contribution >= 0.6 is 0 Å². The number of nitrogens with one attached hydrogen (secondary N) is 3. The number of aromatic amines is 1. The minimum Gasteiger partial charge on any atom is -0.318 e. The summed E-state index contributed by atoms with van der Waals surface area (Å²) in [4.78, 5) is 23.7. The summed E-state index contributed by atoms with van der Waals surface area (Å²) >= 11 is 0. The molecule has 7 heteroatoms. The van der Waals surface area contributed by atoms with E-state index in [1.54, 1.807) is 6.07 Å². The number of hydrogen-bond acceptors (Lipinski definition) is 4. The number of nitrogens with zero attached hydrogens (tertiary/aromatic N) is 2. The highest BCUT2D eigenvalue weighted by molar-refractivity contribution is 5.88. The van der Waals surface area contributed by atoms with Crippen LogP contribution in [0.15, 0.2) is 17.3 Å². The van der Waals surface area contributed by atoms with Crippen LogP contribution in [0, 0.1) is 0 Å². The van der Waals surface area contributed by atoms with Gasteiger partial charge in [0, 0.05) is 6.07 Å². The normalized spacial score (nSPS) is 8.62. The van der Waals surface area contributed by atoms with Crippen molar-refractivity contribution in [3.05, 3.63) is 12.3 Å². The van der Waals surface area contributed by atoms with E-state index in [-0.39, 0.29) is 6.67 Å². The molecule has 68 valence electrons. The molecule has 0 radical (unpaired) electrons. The molecule has 0 aliphatic rings. The number of urea groups is 1. The number of amides is 2. The van der Waals surface area contributed by atoms with Gasteiger partial charge < -0.3 is 5.32 Å². The predicted molar refractivity (Wildman–Crippen MR) is 43.7 cm³/mol. The van der Waals surface area contributed by atoms with E-state index in [9.17, 15) is 9.59 Å². The molecular weight excluding hydrogens is 174 g/mol. The molecule has 7 nitrogen and oxygen atoms in total. The Bertz CT molecular complexity index is 314. The summed E-state index contributed by atoms with van der Waals surface area (Å²) in [5.41, 5.74) is 0. The first-order valence-corrected chi connectivity index (χ1v) is 3.41. The van der Waals surface area contributed by atoms with Crippen molar-refractivity contribution in [2.24, 2.45) is 4.99 Å². The molecule has 2 amide bonds. The number of isocyanates is 1. The molecule has 0 spiro atoms. The molecule has 0 aromatic carbocycles. The number of H-pyrrole nitrogens is 1. The van der Waals surface area contributed by atoms with Crippen molar-refractivity contribution in [1.82, 2.24) is 15.5 Å². The Balaban J connectivity index is 2.30. The summed E-state index contributed by atoms with van der Waals surface area (Å²) in [6.07, 6.45) is 2.79. The smallest absolute Gasteiger partial charge is 0.318 e. The minimum atomic E-state index is -0.469. The highest BCUT2D eigenvalue weighted by atomic mass is 16.2. The second kappa shape index (κ2) is 4.68. The maximum Gasteiger partial charge on any atom is 0.321 e. The van der Waals surface area contributed by atoms with Crippen molar-refractivity contribution < 1.29 is 9.59 Å². The molecule has 0 unspecified atom stereocenters. The quantitative estimate of drug-likeness (QED) is 0.445. The summed E-state index contributed by atoms with van der Waals surface area (Å²) in [5.74, 6) is 0.465. The average molecular weight is 181 g/mol. The predicted octanol–water partition coefficient (Wildman–Crippen LogP) is -0.176. The van der Waals surface area contributed by atoms with Crippen molar-refractivity contribution in [2.45, 2.75) is 0 Å². The van der Waals surface area contributed by atoms with E-state index in [0.29, 0.717) is 5.82 Å². The first-order chi connectivity index (χ1) is 6.33. The molecule has 13 heavy (non-hydrogen) atoms. The Labute approximate surface area is 73.2 Å². The van der Waals surface area contributed by atoms with E-state index in [4.69, 9.17) is 0 Å². The van der Waals surface area contributed by atoms with Crippen LogP contribution in [0.1, 0.15) is 0 Å². The minimum absolute atomic E-state index is 0.0938. The fourth-order valence-electron chi connectivity index (χ4n) is 0.636. The molecule has 1 rings (SSSR count). The molecule has 0 aliphatic heterocycles. The van der Waals surface area contributed by atoms with Crippen molar-refractivity contribution in [2.75, 3.05) is 12.0 Å². The second-order valence-electron chi connectivity index (χ2n) is 2.01. The van der Waals surface area contributed by atoms with Crippen LogP contribution in [-0.2, 0) is 4.79 Å². The molecule has 0 atom stereocenters. The monoisotopic (exact) mass is 181 g/mol. The molecule has 0 aliphatic carbocycles. The van der Waals surface area contributed by atoms with Crippen molar-refractivity contribution in [3.63, 3.8) is 0 Å². The van der Waals surface area contributed by atoms with Crippen molar-refractivity contribution in [1.29, 1.82) is 0 Å². The second-order valence-corrected chi connectivity index (χ2v) is 2.01. The number of aliphatic imine (C=N–C) groups is 1. The Morgan fingerprint density at radius 2 is 2.62 bits per heavy atom. The van der Waals surface area contributed by atoms with E-state index in [2.05, 4.69) is 25.8 Å². The third-order valence-corrected chi connectivity index (χ3v) is 1.13.